The lowest BCUT2D eigenvalue weighted by Crippen LogP contribution is -2.45. The molecule has 0 saturated carbocycles. The van der Waals surface area contributed by atoms with Crippen molar-refractivity contribution < 1.29 is 18.7 Å². The van der Waals surface area contributed by atoms with Crippen LogP contribution in [0.25, 0.3) is 11.3 Å². The number of ether oxygens (including phenoxy) is 1. The summed E-state index contributed by atoms with van der Waals surface area (Å²) in [5, 5.41) is 0. The van der Waals surface area contributed by atoms with E-state index >= 15 is 0 Å². The van der Waals surface area contributed by atoms with E-state index in [1.165, 1.54) is 0 Å². The van der Waals surface area contributed by atoms with E-state index in [2.05, 4.69) is 0 Å². The summed E-state index contributed by atoms with van der Waals surface area (Å²) in [6.45, 7) is 3.61. The summed E-state index contributed by atoms with van der Waals surface area (Å²) in [5.41, 5.74) is 1.48. The lowest BCUT2D eigenvalue weighted by Gasteiger charge is -2.29. The van der Waals surface area contributed by atoms with Gasteiger partial charge >= 0.3 is 0 Å². The van der Waals surface area contributed by atoms with Gasteiger partial charge in [0.15, 0.2) is 0 Å². The fourth-order valence-corrected chi connectivity index (χ4v) is 3.64. The van der Waals surface area contributed by atoms with Gasteiger partial charge in [0.2, 0.25) is 5.91 Å². The van der Waals surface area contributed by atoms with Gasteiger partial charge in [0.1, 0.15) is 11.5 Å². The molecule has 2 aliphatic rings. The number of hydrogen-bond donors (Lipinski definition) is 0. The summed E-state index contributed by atoms with van der Waals surface area (Å²) >= 11 is 0. The zero-order valence-corrected chi connectivity index (χ0v) is 15.0. The van der Waals surface area contributed by atoms with Crippen LogP contribution >= 0.6 is 0 Å². The first-order valence-corrected chi connectivity index (χ1v) is 8.83. The predicted molar refractivity (Wildman–Crippen MR) is 95.7 cm³/mol. The van der Waals surface area contributed by atoms with Gasteiger partial charge in [-0.25, -0.2) is 0 Å². The van der Waals surface area contributed by atoms with Gasteiger partial charge in [0.25, 0.3) is 5.91 Å². The van der Waals surface area contributed by atoms with Crippen molar-refractivity contribution in [2.45, 2.75) is 13.0 Å². The minimum absolute atomic E-state index is 0.0580. The van der Waals surface area contributed by atoms with Crippen LogP contribution < -0.4 is 0 Å². The Morgan fingerprint density at radius 3 is 2.77 bits per heavy atom. The van der Waals surface area contributed by atoms with Gasteiger partial charge in [-0.15, -0.1) is 0 Å². The van der Waals surface area contributed by atoms with Gasteiger partial charge in [0, 0.05) is 31.3 Å². The number of aryl methyl sites for hydroxylation is 1. The van der Waals surface area contributed by atoms with Crippen molar-refractivity contribution in [3.8, 4) is 11.3 Å². The molecule has 6 heteroatoms. The molecule has 0 spiro atoms. The Morgan fingerprint density at radius 2 is 2.00 bits per heavy atom. The molecule has 0 unspecified atom stereocenters. The summed E-state index contributed by atoms with van der Waals surface area (Å²) in [4.78, 5) is 29.1. The summed E-state index contributed by atoms with van der Waals surface area (Å²) in [6, 6.07) is 11.2. The van der Waals surface area contributed by atoms with Crippen molar-refractivity contribution in [1.82, 2.24) is 9.80 Å². The number of amides is 2. The molecule has 2 aliphatic heterocycles. The number of carbonyl (C=O) groups is 2. The number of rotatable bonds is 2. The molecular weight excluding hydrogens is 332 g/mol. The minimum atomic E-state index is -0.299. The normalized spacial score (nSPS) is 23.1. The largest absolute Gasteiger partial charge is 0.461 e. The van der Waals surface area contributed by atoms with E-state index in [0.717, 1.165) is 17.1 Å². The lowest BCUT2D eigenvalue weighted by molar-refractivity contribution is -0.133. The fraction of sp³-hybridized carbons (Fsp3) is 0.400. The summed E-state index contributed by atoms with van der Waals surface area (Å²) in [5.74, 6) is 1.27. The predicted octanol–water partition coefficient (Wildman–Crippen LogP) is 2.18. The molecule has 2 atom stereocenters. The molecule has 6 nitrogen and oxygen atoms in total. The number of carbonyl (C=O) groups excluding carboxylic acids is 2. The molecule has 0 aliphatic carbocycles. The van der Waals surface area contributed by atoms with E-state index in [1.807, 2.05) is 43.3 Å². The second kappa shape index (κ2) is 6.61. The smallest absolute Gasteiger partial charge is 0.253 e. The lowest BCUT2D eigenvalue weighted by atomic mass is 10.1. The second-order valence-electron chi connectivity index (χ2n) is 7.04. The van der Waals surface area contributed by atoms with Gasteiger partial charge in [-0.1, -0.05) is 12.1 Å². The van der Waals surface area contributed by atoms with Crippen LogP contribution in [0.5, 0.6) is 0 Å². The van der Waals surface area contributed by atoms with Gasteiger partial charge < -0.3 is 19.0 Å². The molecule has 2 aromatic rings. The first-order valence-electron chi connectivity index (χ1n) is 8.83. The zero-order valence-electron chi connectivity index (χ0n) is 15.0. The highest BCUT2D eigenvalue weighted by Gasteiger charge is 2.38. The first-order chi connectivity index (χ1) is 12.5. The Hall–Kier alpha value is -2.60. The first kappa shape index (κ1) is 16.8. The average molecular weight is 354 g/mol. The Balaban J connectivity index is 1.61. The Morgan fingerprint density at radius 1 is 1.15 bits per heavy atom. The van der Waals surface area contributed by atoms with Crippen molar-refractivity contribution >= 4 is 11.8 Å². The van der Waals surface area contributed by atoms with Crippen LogP contribution in [0.1, 0.15) is 16.1 Å². The molecule has 0 radical (unpaired) electrons. The molecule has 1 aromatic heterocycles. The number of hydrogen-bond acceptors (Lipinski definition) is 4. The van der Waals surface area contributed by atoms with Crippen LogP contribution in [0.3, 0.4) is 0 Å². The molecule has 4 rings (SSSR count). The molecule has 2 saturated heterocycles. The highest BCUT2D eigenvalue weighted by Crippen LogP contribution is 2.25. The summed E-state index contributed by atoms with van der Waals surface area (Å²) in [6.07, 6.45) is 0. The van der Waals surface area contributed by atoms with Crippen molar-refractivity contribution in [3.05, 3.63) is 47.7 Å². The van der Waals surface area contributed by atoms with Crippen molar-refractivity contribution in [2.75, 3.05) is 33.4 Å². The standard InChI is InChI=1S/C20H22N2O4/c1-13-6-7-18(26-13)14-4-3-5-15(8-14)20(24)22-9-16-11-25-12-17(10-22)21(2)19(16)23/h3-8,16-17H,9-12H2,1-2H3/t16-,17+/m1/s1. The molecule has 136 valence electrons. The quantitative estimate of drug-likeness (QED) is 0.829. The monoisotopic (exact) mass is 354 g/mol. The van der Waals surface area contributed by atoms with E-state index in [1.54, 1.807) is 16.8 Å². The minimum Gasteiger partial charge on any atom is -0.461 e. The van der Waals surface area contributed by atoms with E-state index < -0.39 is 0 Å². The molecule has 2 amide bonds. The molecule has 2 bridgehead atoms. The van der Waals surface area contributed by atoms with Gasteiger partial charge in [-0.3, -0.25) is 9.59 Å². The van der Waals surface area contributed by atoms with Crippen molar-refractivity contribution in [3.63, 3.8) is 0 Å². The summed E-state index contributed by atoms with van der Waals surface area (Å²) < 4.78 is 11.3. The zero-order chi connectivity index (χ0) is 18.3. The highest BCUT2D eigenvalue weighted by molar-refractivity contribution is 5.96. The van der Waals surface area contributed by atoms with Crippen LogP contribution in [0.2, 0.25) is 0 Å². The van der Waals surface area contributed by atoms with Crippen molar-refractivity contribution in [2.24, 2.45) is 5.92 Å². The number of benzene rings is 1. The SMILES string of the molecule is Cc1ccc(-c2cccc(C(=O)N3C[C@@H]4COC[C@H](C3)N(C)C4=O)c2)o1. The number of furan rings is 1. The highest BCUT2D eigenvalue weighted by atomic mass is 16.5. The molecule has 0 N–H and O–H groups in total. The van der Waals surface area contributed by atoms with Gasteiger partial charge in [0.05, 0.1) is 25.2 Å². The molecular formula is C20H22N2O4. The van der Waals surface area contributed by atoms with E-state index in [0.29, 0.717) is 31.9 Å². The Labute approximate surface area is 152 Å². The summed E-state index contributed by atoms with van der Waals surface area (Å²) in [7, 11) is 1.79. The second-order valence-corrected chi connectivity index (χ2v) is 7.04. The van der Waals surface area contributed by atoms with Crippen LogP contribution in [-0.2, 0) is 9.53 Å². The van der Waals surface area contributed by atoms with E-state index in [9.17, 15) is 9.59 Å². The number of likely N-dealkylation sites (N-methyl/N-ethyl adjacent to an activating group) is 1. The third-order valence-corrected chi connectivity index (χ3v) is 5.17. The van der Waals surface area contributed by atoms with Crippen LogP contribution in [0.15, 0.2) is 40.8 Å². The Bertz CT molecular complexity index is 844. The Kier molecular flexibility index (Phi) is 4.28. The maximum atomic E-state index is 13.1. The van der Waals surface area contributed by atoms with Gasteiger partial charge in [-0.05, 0) is 31.2 Å². The maximum absolute atomic E-state index is 13.1. The fourth-order valence-electron chi connectivity index (χ4n) is 3.64. The number of nitrogens with zero attached hydrogens (tertiary/aromatic N) is 2. The van der Waals surface area contributed by atoms with E-state index in [4.69, 9.17) is 9.15 Å². The van der Waals surface area contributed by atoms with Gasteiger partial charge in [-0.2, -0.15) is 0 Å². The van der Waals surface area contributed by atoms with Crippen LogP contribution in [0, 0.1) is 12.8 Å². The third-order valence-electron chi connectivity index (χ3n) is 5.17. The van der Waals surface area contributed by atoms with Crippen LogP contribution in [-0.4, -0.2) is 61.0 Å². The molecule has 3 heterocycles. The third kappa shape index (κ3) is 3.01. The molecule has 1 aromatic carbocycles. The topological polar surface area (TPSA) is 63.0 Å². The maximum Gasteiger partial charge on any atom is 0.253 e. The van der Waals surface area contributed by atoms with Crippen LogP contribution in [0.4, 0.5) is 0 Å². The van der Waals surface area contributed by atoms with E-state index in [-0.39, 0.29) is 23.8 Å². The average Bonchev–Trinajstić information content (AvgIpc) is 2.97. The molecule has 2 fully saturated rings. The molecule has 26 heavy (non-hydrogen) atoms. The number of fused-ring (bicyclic) bond motifs is 3. The van der Waals surface area contributed by atoms with Crippen molar-refractivity contribution in [1.29, 1.82) is 0 Å².